The number of thiophene rings is 1. The molecule has 0 radical (unpaired) electrons. The third kappa shape index (κ3) is 5.68. The number of hydrogen-bond donors (Lipinski definition) is 2. The van der Waals surface area contributed by atoms with Gasteiger partial charge in [0.15, 0.2) is 5.96 Å². The van der Waals surface area contributed by atoms with Crippen LogP contribution in [0.2, 0.25) is 0 Å². The summed E-state index contributed by atoms with van der Waals surface area (Å²) in [7, 11) is 1.82. The second kappa shape index (κ2) is 9.73. The van der Waals surface area contributed by atoms with E-state index in [1.807, 2.05) is 18.8 Å². The maximum absolute atomic E-state index is 4.30. The van der Waals surface area contributed by atoms with E-state index >= 15 is 0 Å². The number of nitrogens with zero attached hydrogens (tertiary/aromatic N) is 2. The van der Waals surface area contributed by atoms with E-state index in [9.17, 15) is 0 Å². The highest BCUT2D eigenvalue weighted by Crippen LogP contribution is 2.19. The number of hydrogen-bond acceptors (Lipinski definition) is 4. The van der Waals surface area contributed by atoms with E-state index in [0.717, 1.165) is 38.6 Å². The molecule has 0 spiro atoms. The van der Waals surface area contributed by atoms with Gasteiger partial charge in [0.05, 0.1) is 0 Å². The zero-order valence-corrected chi connectivity index (χ0v) is 16.3. The van der Waals surface area contributed by atoms with Gasteiger partial charge in [-0.2, -0.15) is 11.8 Å². The molecular formula is C19H26N4S2. The van der Waals surface area contributed by atoms with E-state index in [-0.39, 0.29) is 0 Å². The summed E-state index contributed by atoms with van der Waals surface area (Å²) in [6.07, 6.45) is 1.03. The van der Waals surface area contributed by atoms with Crippen molar-refractivity contribution in [3.05, 3.63) is 52.2 Å². The van der Waals surface area contributed by atoms with Crippen molar-refractivity contribution < 1.29 is 0 Å². The summed E-state index contributed by atoms with van der Waals surface area (Å²) in [5, 5.41) is 8.89. The molecule has 2 aromatic rings. The van der Waals surface area contributed by atoms with Crippen LogP contribution in [0.15, 0.2) is 46.8 Å². The number of nitrogens with one attached hydrogen (secondary N) is 2. The molecule has 0 amide bonds. The molecule has 0 unspecified atom stereocenters. The molecule has 0 aliphatic carbocycles. The molecule has 0 atom stereocenters. The van der Waals surface area contributed by atoms with Gasteiger partial charge in [0.25, 0.3) is 0 Å². The summed E-state index contributed by atoms with van der Waals surface area (Å²) in [6, 6.07) is 13.2. The number of benzene rings is 1. The van der Waals surface area contributed by atoms with Crippen LogP contribution in [-0.4, -0.2) is 44.1 Å². The third-order valence-electron chi connectivity index (χ3n) is 4.24. The lowest BCUT2D eigenvalue weighted by Crippen LogP contribution is -2.37. The first-order valence-electron chi connectivity index (χ1n) is 8.73. The molecule has 0 saturated carbocycles. The van der Waals surface area contributed by atoms with Crippen molar-refractivity contribution in [2.45, 2.75) is 13.0 Å². The quantitative estimate of drug-likeness (QED) is 0.602. The molecule has 3 rings (SSSR count). The number of aliphatic imine (C=N–C) groups is 1. The summed E-state index contributed by atoms with van der Waals surface area (Å²) in [5.74, 6) is 3.32. The molecule has 1 aromatic heterocycles. The molecule has 25 heavy (non-hydrogen) atoms. The standard InChI is InChI=1S/C19H26N4S2/c1-20-19(21-9-8-18-3-2-12-25-18)22-15-16-4-6-17(7-5-16)23-10-13-24-14-11-23/h2-7,12H,8-11,13-15H2,1H3,(H2,20,21,22). The van der Waals surface area contributed by atoms with Gasteiger partial charge in [0.2, 0.25) is 0 Å². The predicted molar refractivity (Wildman–Crippen MR) is 112 cm³/mol. The Morgan fingerprint density at radius 2 is 1.92 bits per heavy atom. The molecule has 1 aromatic carbocycles. The lowest BCUT2D eigenvalue weighted by atomic mass is 10.2. The first kappa shape index (κ1) is 18.1. The van der Waals surface area contributed by atoms with E-state index < -0.39 is 0 Å². The highest BCUT2D eigenvalue weighted by atomic mass is 32.2. The Morgan fingerprint density at radius 1 is 1.12 bits per heavy atom. The van der Waals surface area contributed by atoms with Crippen molar-refractivity contribution in [1.29, 1.82) is 0 Å². The minimum Gasteiger partial charge on any atom is -0.370 e. The fourth-order valence-electron chi connectivity index (χ4n) is 2.81. The minimum atomic E-state index is 0.787. The molecule has 1 fully saturated rings. The van der Waals surface area contributed by atoms with Gasteiger partial charge in [-0.05, 0) is 35.6 Å². The van der Waals surface area contributed by atoms with Gasteiger partial charge in [0.1, 0.15) is 0 Å². The summed E-state index contributed by atoms with van der Waals surface area (Å²) in [5.41, 5.74) is 2.61. The normalized spacial score (nSPS) is 15.2. The van der Waals surface area contributed by atoms with Crippen molar-refractivity contribution in [3.63, 3.8) is 0 Å². The van der Waals surface area contributed by atoms with Crippen molar-refractivity contribution >= 4 is 34.7 Å². The van der Waals surface area contributed by atoms with Crippen LogP contribution in [0.1, 0.15) is 10.4 Å². The Hall–Kier alpha value is -1.66. The van der Waals surface area contributed by atoms with Crippen molar-refractivity contribution in [3.8, 4) is 0 Å². The zero-order chi connectivity index (χ0) is 17.3. The van der Waals surface area contributed by atoms with Crippen molar-refractivity contribution in [2.75, 3.05) is 43.1 Å². The molecule has 4 nitrogen and oxygen atoms in total. The Morgan fingerprint density at radius 3 is 2.60 bits per heavy atom. The van der Waals surface area contributed by atoms with Crippen molar-refractivity contribution in [1.82, 2.24) is 10.6 Å². The van der Waals surface area contributed by atoms with Crippen LogP contribution >= 0.6 is 23.1 Å². The number of guanidine groups is 1. The third-order valence-corrected chi connectivity index (χ3v) is 6.12. The van der Waals surface area contributed by atoms with E-state index in [0.29, 0.717) is 0 Å². The van der Waals surface area contributed by atoms with Crippen LogP contribution in [-0.2, 0) is 13.0 Å². The Bertz CT molecular complexity index is 647. The predicted octanol–water partition coefficient (Wildman–Crippen LogP) is 3.21. The number of rotatable bonds is 6. The fourth-order valence-corrected chi connectivity index (χ4v) is 4.42. The van der Waals surface area contributed by atoms with E-state index in [2.05, 4.69) is 62.3 Å². The molecule has 2 N–H and O–H groups in total. The Kier molecular flexibility index (Phi) is 7.06. The first-order chi connectivity index (χ1) is 12.3. The van der Waals surface area contributed by atoms with E-state index in [4.69, 9.17) is 0 Å². The number of anilines is 1. The van der Waals surface area contributed by atoms with Gasteiger partial charge >= 0.3 is 0 Å². The van der Waals surface area contributed by atoms with Crippen LogP contribution in [0.4, 0.5) is 5.69 Å². The second-order valence-electron chi connectivity index (χ2n) is 5.95. The molecule has 1 aliphatic heterocycles. The summed E-state index contributed by atoms with van der Waals surface area (Å²) < 4.78 is 0. The smallest absolute Gasteiger partial charge is 0.191 e. The van der Waals surface area contributed by atoms with Crippen LogP contribution in [0.5, 0.6) is 0 Å². The van der Waals surface area contributed by atoms with Gasteiger partial charge in [-0.3, -0.25) is 4.99 Å². The monoisotopic (exact) mass is 374 g/mol. The van der Waals surface area contributed by atoms with Crippen LogP contribution in [0, 0.1) is 0 Å². The maximum Gasteiger partial charge on any atom is 0.191 e. The SMILES string of the molecule is CN=C(NCCc1cccs1)NCc1ccc(N2CCSCC2)cc1. The molecule has 2 heterocycles. The summed E-state index contributed by atoms with van der Waals surface area (Å²) in [6.45, 7) is 3.99. The summed E-state index contributed by atoms with van der Waals surface area (Å²) in [4.78, 5) is 8.17. The van der Waals surface area contributed by atoms with Crippen LogP contribution in [0.25, 0.3) is 0 Å². The van der Waals surface area contributed by atoms with Gasteiger partial charge in [-0.25, -0.2) is 0 Å². The van der Waals surface area contributed by atoms with E-state index in [1.54, 1.807) is 11.3 Å². The lowest BCUT2D eigenvalue weighted by molar-refractivity contribution is 0.798. The topological polar surface area (TPSA) is 39.7 Å². The zero-order valence-electron chi connectivity index (χ0n) is 14.7. The molecule has 1 saturated heterocycles. The van der Waals surface area contributed by atoms with Gasteiger partial charge < -0.3 is 15.5 Å². The highest BCUT2D eigenvalue weighted by Gasteiger charge is 2.10. The minimum absolute atomic E-state index is 0.787. The lowest BCUT2D eigenvalue weighted by Gasteiger charge is -2.28. The summed E-state index contributed by atoms with van der Waals surface area (Å²) >= 11 is 3.84. The molecule has 6 heteroatoms. The Balaban J connectivity index is 1.43. The Labute approximate surface area is 158 Å². The average Bonchev–Trinajstić information content (AvgIpc) is 3.19. The molecular weight excluding hydrogens is 348 g/mol. The average molecular weight is 375 g/mol. The fraction of sp³-hybridized carbons (Fsp3) is 0.421. The van der Waals surface area contributed by atoms with Crippen molar-refractivity contribution in [2.24, 2.45) is 4.99 Å². The molecule has 1 aliphatic rings. The van der Waals surface area contributed by atoms with Gasteiger partial charge in [-0.1, -0.05) is 18.2 Å². The van der Waals surface area contributed by atoms with Gasteiger partial charge in [0, 0.05) is 55.3 Å². The maximum atomic E-state index is 4.30. The van der Waals surface area contributed by atoms with Gasteiger partial charge in [-0.15, -0.1) is 11.3 Å². The second-order valence-corrected chi connectivity index (χ2v) is 8.20. The van der Waals surface area contributed by atoms with E-state index in [1.165, 1.54) is 27.6 Å². The molecule has 0 bridgehead atoms. The number of thioether (sulfide) groups is 1. The molecule has 134 valence electrons. The first-order valence-corrected chi connectivity index (χ1v) is 10.8. The van der Waals surface area contributed by atoms with Crippen LogP contribution in [0.3, 0.4) is 0 Å². The van der Waals surface area contributed by atoms with Crippen LogP contribution < -0.4 is 15.5 Å². The highest BCUT2D eigenvalue weighted by molar-refractivity contribution is 7.99. The largest absolute Gasteiger partial charge is 0.370 e.